The first kappa shape index (κ1) is 21.2. The van der Waals surface area contributed by atoms with Gasteiger partial charge in [0.05, 0.1) is 16.6 Å². The van der Waals surface area contributed by atoms with Crippen molar-refractivity contribution in [2.24, 2.45) is 0 Å². The number of nitrogens with one attached hydrogen (secondary N) is 1. The van der Waals surface area contributed by atoms with Gasteiger partial charge in [0, 0.05) is 25.8 Å². The number of aromatic nitrogens is 3. The number of halogens is 3. The van der Waals surface area contributed by atoms with Gasteiger partial charge in [-0.3, -0.25) is 9.78 Å². The molecule has 4 aromatic rings. The maximum atomic E-state index is 13.9. The number of nitrogens with zero attached hydrogens (tertiary/aromatic N) is 2. The van der Waals surface area contributed by atoms with Crippen LogP contribution in [0.5, 0.6) is 0 Å². The van der Waals surface area contributed by atoms with Gasteiger partial charge in [0.25, 0.3) is 5.56 Å². The highest BCUT2D eigenvalue weighted by atomic mass is 32.1. The minimum atomic E-state index is -4.74. The van der Waals surface area contributed by atoms with Crippen molar-refractivity contribution in [2.75, 3.05) is 13.7 Å². The molecule has 0 fully saturated rings. The summed E-state index contributed by atoms with van der Waals surface area (Å²) in [6.07, 6.45) is -4.25. The SMILES string of the molecule is COCCCn1c(=S)[nH]c(=O)c2c(C(F)(F)F)cc(-c3ccc4ccccc4c3)nc21. The van der Waals surface area contributed by atoms with Crippen LogP contribution in [0.1, 0.15) is 12.0 Å². The fourth-order valence-corrected chi connectivity index (χ4v) is 3.84. The van der Waals surface area contributed by atoms with Gasteiger partial charge < -0.3 is 9.30 Å². The summed E-state index contributed by atoms with van der Waals surface area (Å²) < 4.78 is 48.3. The van der Waals surface area contributed by atoms with Crippen LogP contribution in [0.15, 0.2) is 53.3 Å². The van der Waals surface area contributed by atoms with Gasteiger partial charge in [0.1, 0.15) is 5.65 Å². The minimum absolute atomic E-state index is 0.0184. The standard InChI is InChI=1S/C22H18F3N3O2S/c1-30-10-4-9-28-19-18(20(29)27-21(28)31)16(22(23,24)25)12-17(26-19)15-8-7-13-5-2-3-6-14(13)11-15/h2-3,5-8,11-12H,4,9-10H2,1H3,(H,27,29,31). The molecule has 160 valence electrons. The molecule has 0 spiro atoms. The highest BCUT2D eigenvalue weighted by Gasteiger charge is 2.35. The maximum Gasteiger partial charge on any atom is 0.417 e. The van der Waals surface area contributed by atoms with E-state index in [9.17, 15) is 18.0 Å². The lowest BCUT2D eigenvalue weighted by atomic mass is 10.0. The Morgan fingerprint density at radius 1 is 1.13 bits per heavy atom. The predicted molar refractivity (Wildman–Crippen MR) is 116 cm³/mol. The maximum absolute atomic E-state index is 13.9. The van der Waals surface area contributed by atoms with E-state index in [4.69, 9.17) is 17.0 Å². The van der Waals surface area contributed by atoms with E-state index in [1.807, 2.05) is 30.3 Å². The molecule has 0 aliphatic carbocycles. The Kier molecular flexibility index (Phi) is 5.63. The molecule has 1 N–H and O–H groups in total. The topological polar surface area (TPSA) is 59.9 Å². The van der Waals surface area contributed by atoms with Crippen molar-refractivity contribution in [3.8, 4) is 11.3 Å². The fraction of sp³-hybridized carbons (Fsp3) is 0.227. The number of hydrogen-bond donors (Lipinski definition) is 1. The number of benzene rings is 2. The summed E-state index contributed by atoms with van der Waals surface area (Å²) in [6, 6.07) is 13.8. The Morgan fingerprint density at radius 2 is 1.87 bits per heavy atom. The molecular weight excluding hydrogens is 427 g/mol. The van der Waals surface area contributed by atoms with E-state index < -0.39 is 22.7 Å². The first-order valence-electron chi connectivity index (χ1n) is 9.53. The van der Waals surface area contributed by atoms with Crippen LogP contribution in [0.3, 0.4) is 0 Å². The minimum Gasteiger partial charge on any atom is -0.385 e. The molecule has 0 aliphatic heterocycles. The van der Waals surface area contributed by atoms with Crippen LogP contribution < -0.4 is 5.56 Å². The Labute approximate surface area is 180 Å². The summed E-state index contributed by atoms with van der Waals surface area (Å²) in [5, 5.41) is 1.31. The molecule has 0 unspecified atom stereocenters. The van der Waals surface area contributed by atoms with E-state index in [1.54, 1.807) is 12.1 Å². The van der Waals surface area contributed by atoms with Crippen LogP contribution in [-0.2, 0) is 17.5 Å². The average Bonchev–Trinajstić information content (AvgIpc) is 2.74. The Morgan fingerprint density at radius 3 is 2.58 bits per heavy atom. The Hall–Kier alpha value is -3.04. The monoisotopic (exact) mass is 445 g/mol. The molecule has 0 saturated carbocycles. The number of methoxy groups -OCH3 is 1. The van der Waals surface area contributed by atoms with Crippen LogP contribution in [0, 0.1) is 4.77 Å². The third kappa shape index (κ3) is 4.11. The van der Waals surface area contributed by atoms with Gasteiger partial charge in [-0.25, -0.2) is 4.98 Å². The Balaban J connectivity index is 2.03. The van der Waals surface area contributed by atoms with Gasteiger partial charge in [-0.2, -0.15) is 13.2 Å². The summed E-state index contributed by atoms with van der Waals surface area (Å²) >= 11 is 5.22. The number of fused-ring (bicyclic) bond motifs is 2. The fourth-order valence-electron chi connectivity index (χ4n) is 3.57. The first-order valence-corrected chi connectivity index (χ1v) is 9.93. The molecule has 0 atom stereocenters. The summed E-state index contributed by atoms with van der Waals surface area (Å²) in [5.74, 6) is 0. The van der Waals surface area contributed by atoms with E-state index in [1.165, 1.54) is 11.7 Å². The quantitative estimate of drug-likeness (QED) is 0.333. The molecule has 5 nitrogen and oxygen atoms in total. The van der Waals surface area contributed by atoms with Gasteiger partial charge in [-0.1, -0.05) is 36.4 Å². The number of ether oxygens (including phenoxy) is 1. The van der Waals surface area contributed by atoms with Crippen molar-refractivity contribution >= 4 is 34.0 Å². The van der Waals surface area contributed by atoms with E-state index >= 15 is 0 Å². The molecule has 0 aliphatic rings. The van der Waals surface area contributed by atoms with Crippen molar-refractivity contribution in [3.05, 3.63) is 69.2 Å². The lowest BCUT2D eigenvalue weighted by Gasteiger charge is -2.16. The van der Waals surface area contributed by atoms with E-state index in [-0.39, 0.29) is 22.7 Å². The van der Waals surface area contributed by atoms with E-state index in [0.717, 1.165) is 16.8 Å². The Bertz CT molecular complexity index is 1390. The zero-order chi connectivity index (χ0) is 22.2. The van der Waals surface area contributed by atoms with Gasteiger partial charge in [-0.15, -0.1) is 0 Å². The number of hydrogen-bond acceptors (Lipinski definition) is 4. The van der Waals surface area contributed by atoms with Gasteiger partial charge in [0.15, 0.2) is 4.77 Å². The summed E-state index contributed by atoms with van der Waals surface area (Å²) in [4.78, 5) is 19.3. The van der Waals surface area contributed by atoms with Crippen LogP contribution in [0.25, 0.3) is 33.1 Å². The molecule has 2 aromatic carbocycles. The van der Waals surface area contributed by atoms with E-state index in [0.29, 0.717) is 18.6 Å². The molecule has 4 rings (SSSR count). The second kappa shape index (κ2) is 8.24. The van der Waals surface area contributed by atoms with Crippen LogP contribution >= 0.6 is 12.2 Å². The lowest BCUT2D eigenvalue weighted by molar-refractivity contribution is -0.136. The van der Waals surface area contributed by atoms with Gasteiger partial charge >= 0.3 is 6.18 Å². The molecule has 0 saturated heterocycles. The molecule has 2 aromatic heterocycles. The molecular formula is C22H18F3N3O2S. The van der Waals surface area contributed by atoms with Crippen LogP contribution in [0.4, 0.5) is 13.2 Å². The third-order valence-corrected chi connectivity index (χ3v) is 5.35. The molecule has 9 heteroatoms. The predicted octanol–water partition coefficient (Wildman–Crippen LogP) is 5.33. The van der Waals surface area contributed by atoms with Crippen molar-refractivity contribution in [1.82, 2.24) is 14.5 Å². The summed E-state index contributed by atoms with van der Waals surface area (Å²) in [5.41, 5.74) is -1.42. The smallest absolute Gasteiger partial charge is 0.385 e. The largest absolute Gasteiger partial charge is 0.417 e. The number of aryl methyl sites for hydroxylation is 1. The van der Waals surface area contributed by atoms with Crippen molar-refractivity contribution < 1.29 is 17.9 Å². The van der Waals surface area contributed by atoms with Crippen molar-refractivity contribution in [2.45, 2.75) is 19.1 Å². The number of H-pyrrole nitrogens is 1. The highest BCUT2D eigenvalue weighted by molar-refractivity contribution is 7.71. The second-order valence-electron chi connectivity index (χ2n) is 7.07. The van der Waals surface area contributed by atoms with Crippen molar-refractivity contribution in [1.29, 1.82) is 0 Å². The number of rotatable bonds is 5. The summed E-state index contributed by atoms with van der Waals surface area (Å²) in [7, 11) is 1.53. The first-order chi connectivity index (χ1) is 14.8. The second-order valence-corrected chi connectivity index (χ2v) is 7.46. The molecule has 0 amide bonds. The van der Waals surface area contributed by atoms with E-state index in [2.05, 4.69) is 9.97 Å². The molecule has 0 bridgehead atoms. The normalized spacial score (nSPS) is 12.0. The number of pyridine rings is 1. The average molecular weight is 445 g/mol. The van der Waals surface area contributed by atoms with Gasteiger partial charge in [0.2, 0.25) is 0 Å². The van der Waals surface area contributed by atoms with Gasteiger partial charge in [-0.05, 0) is 41.5 Å². The zero-order valence-electron chi connectivity index (χ0n) is 16.5. The number of aromatic amines is 1. The molecule has 0 radical (unpaired) electrons. The lowest BCUT2D eigenvalue weighted by Crippen LogP contribution is -2.21. The van der Waals surface area contributed by atoms with Crippen molar-refractivity contribution in [3.63, 3.8) is 0 Å². The molecule has 31 heavy (non-hydrogen) atoms. The zero-order valence-corrected chi connectivity index (χ0v) is 17.3. The van der Waals surface area contributed by atoms with Crippen LogP contribution in [-0.4, -0.2) is 28.3 Å². The third-order valence-electron chi connectivity index (χ3n) is 5.03. The summed E-state index contributed by atoms with van der Waals surface area (Å²) in [6.45, 7) is 0.643. The number of alkyl halides is 3. The highest BCUT2D eigenvalue weighted by Crippen LogP contribution is 2.36. The molecule has 2 heterocycles. The van der Waals surface area contributed by atoms with Crippen LogP contribution in [0.2, 0.25) is 0 Å².